The van der Waals surface area contributed by atoms with Crippen molar-refractivity contribution >= 4 is 23.4 Å². The second-order valence-electron chi connectivity index (χ2n) is 5.38. The molecule has 0 atom stereocenters. The second-order valence-corrected chi connectivity index (χ2v) is 6.43. The fourth-order valence-electron chi connectivity index (χ4n) is 2.19. The minimum Gasteiger partial charge on any atom is -0.334 e. The van der Waals surface area contributed by atoms with Gasteiger partial charge in [-0.25, -0.2) is 0 Å². The van der Waals surface area contributed by atoms with Crippen LogP contribution in [0, 0.1) is 6.92 Å². The Bertz CT molecular complexity index is 843. The zero-order valence-electron chi connectivity index (χ0n) is 13.4. The van der Waals surface area contributed by atoms with Crippen LogP contribution in [0.4, 0.5) is 5.69 Å². The van der Waals surface area contributed by atoms with Crippen molar-refractivity contribution in [2.24, 2.45) is 0 Å². The monoisotopic (exact) mass is 339 g/mol. The third-order valence-corrected chi connectivity index (χ3v) is 4.28. The van der Waals surface area contributed by atoms with E-state index in [9.17, 15) is 4.79 Å². The molecule has 1 heterocycles. The summed E-state index contributed by atoms with van der Waals surface area (Å²) in [5.74, 6) is 1.73. The number of thioether (sulfide) groups is 1. The molecule has 1 amide bonds. The molecule has 0 saturated carbocycles. The van der Waals surface area contributed by atoms with Gasteiger partial charge in [-0.3, -0.25) is 4.79 Å². The summed E-state index contributed by atoms with van der Waals surface area (Å²) in [6.07, 6.45) is 0. The number of amides is 1. The van der Waals surface area contributed by atoms with Crippen LogP contribution in [-0.2, 0) is 10.5 Å². The molecule has 1 aromatic heterocycles. The molecule has 6 heteroatoms. The Labute approximate surface area is 144 Å². The van der Waals surface area contributed by atoms with Crippen molar-refractivity contribution in [1.29, 1.82) is 0 Å². The van der Waals surface area contributed by atoms with Gasteiger partial charge in [-0.2, -0.15) is 4.98 Å². The SMILES string of the molecule is CC(=O)Nc1ccc(SCc2noc(-c3cccc(C)c3)n2)cc1. The van der Waals surface area contributed by atoms with Gasteiger partial charge in [-0.05, 0) is 43.3 Å². The summed E-state index contributed by atoms with van der Waals surface area (Å²) in [6, 6.07) is 15.6. The Balaban J connectivity index is 1.62. The normalized spacial score (nSPS) is 10.6. The highest BCUT2D eigenvalue weighted by Crippen LogP contribution is 2.25. The Morgan fingerprint density at radius 1 is 1.21 bits per heavy atom. The standard InChI is InChI=1S/C18H17N3O2S/c1-12-4-3-5-14(10-12)18-20-17(21-23-18)11-24-16-8-6-15(7-9-16)19-13(2)22/h3-10H,11H2,1-2H3,(H,19,22). The van der Waals surface area contributed by atoms with Crippen LogP contribution in [-0.4, -0.2) is 16.0 Å². The molecule has 0 radical (unpaired) electrons. The second kappa shape index (κ2) is 7.31. The maximum absolute atomic E-state index is 11.0. The van der Waals surface area contributed by atoms with Crippen LogP contribution >= 0.6 is 11.8 Å². The van der Waals surface area contributed by atoms with Gasteiger partial charge in [-0.1, -0.05) is 22.9 Å². The van der Waals surface area contributed by atoms with Crippen LogP contribution < -0.4 is 5.32 Å². The minimum atomic E-state index is -0.0779. The molecule has 0 saturated heterocycles. The Morgan fingerprint density at radius 3 is 2.71 bits per heavy atom. The lowest BCUT2D eigenvalue weighted by Gasteiger charge is -2.03. The maximum Gasteiger partial charge on any atom is 0.257 e. The zero-order valence-corrected chi connectivity index (χ0v) is 14.3. The van der Waals surface area contributed by atoms with Gasteiger partial charge in [0, 0.05) is 23.1 Å². The van der Waals surface area contributed by atoms with E-state index in [1.807, 2.05) is 55.5 Å². The van der Waals surface area contributed by atoms with Gasteiger partial charge >= 0.3 is 0 Å². The van der Waals surface area contributed by atoms with Crippen LogP contribution in [0.3, 0.4) is 0 Å². The van der Waals surface area contributed by atoms with Crippen LogP contribution in [0.1, 0.15) is 18.3 Å². The van der Waals surface area contributed by atoms with Crippen LogP contribution in [0.15, 0.2) is 57.9 Å². The topological polar surface area (TPSA) is 68.0 Å². The van der Waals surface area contributed by atoms with E-state index in [0.717, 1.165) is 21.7 Å². The van der Waals surface area contributed by atoms with E-state index in [1.165, 1.54) is 6.92 Å². The molecule has 5 nitrogen and oxygen atoms in total. The molecule has 3 aromatic rings. The Hall–Kier alpha value is -2.60. The average molecular weight is 339 g/mol. The van der Waals surface area contributed by atoms with Gasteiger partial charge < -0.3 is 9.84 Å². The zero-order chi connectivity index (χ0) is 16.9. The molecule has 24 heavy (non-hydrogen) atoms. The lowest BCUT2D eigenvalue weighted by Crippen LogP contribution is -2.05. The number of rotatable bonds is 5. The summed E-state index contributed by atoms with van der Waals surface area (Å²) in [5, 5.41) is 6.77. The summed E-state index contributed by atoms with van der Waals surface area (Å²) < 4.78 is 5.34. The van der Waals surface area contributed by atoms with Crippen molar-refractivity contribution in [3.63, 3.8) is 0 Å². The smallest absolute Gasteiger partial charge is 0.257 e. The van der Waals surface area contributed by atoms with E-state index in [-0.39, 0.29) is 5.91 Å². The van der Waals surface area contributed by atoms with Crippen molar-refractivity contribution in [1.82, 2.24) is 10.1 Å². The van der Waals surface area contributed by atoms with Crippen molar-refractivity contribution in [2.45, 2.75) is 24.5 Å². The number of nitrogens with zero attached hydrogens (tertiary/aromatic N) is 2. The van der Waals surface area contributed by atoms with E-state index in [0.29, 0.717) is 17.5 Å². The van der Waals surface area contributed by atoms with E-state index in [1.54, 1.807) is 11.8 Å². The summed E-state index contributed by atoms with van der Waals surface area (Å²) >= 11 is 1.62. The van der Waals surface area contributed by atoms with Gasteiger partial charge in [0.05, 0.1) is 5.75 Å². The van der Waals surface area contributed by atoms with Gasteiger partial charge in [0.1, 0.15) is 0 Å². The molecule has 0 aliphatic carbocycles. The van der Waals surface area contributed by atoms with E-state index in [4.69, 9.17) is 4.52 Å². The number of hydrogen-bond acceptors (Lipinski definition) is 5. The molecule has 0 spiro atoms. The highest BCUT2D eigenvalue weighted by Gasteiger charge is 2.09. The molecule has 0 unspecified atom stereocenters. The first kappa shape index (κ1) is 16.3. The highest BCUT2D eigenvalue weighted by atomic mass is 32.2. The van der Waals surface area contributed by atoms with Crippen molar-refractivity contribution in [2.75, 3.05) is 5.32 Å². The van der Waals surface area contributed by atoms with Crippen molar-refractivity contribution in [3.8, 4) is 11.5 Å². The fourth-order valence-corrected chi connectivity index (χ4v) is 2.94. The molecule has 1 N–H and O–H groups in total. The number of carbonyl (C=O) groups is 1. The molecular weight excluding hydrogens is 322 g/mol. The van der Waals surface area contributed by atoms with Gasteiger partial charge in [-0.15, -0.1) is 11.8 Å². The third kappa shape index (κ3) is 4.23. The molecule has 0 bridgehead atoms. The van der Waals surface area contributed by atoms with Gasteiger partial charge in [0.2, 0.25) is 5.91 Å². The van der Waals surface area contributed by atoms with Crippen molar-refractivity contribution in [3.05, 3.63) is 59.9 Å². The van der Waals surface area contributed by atoms with Crippen molar-refractivity contribution < 1.29 is 9.32 Å². The van der Waals surface area contributed by atoms with Gasteiger partial charge in [0.15, 0.2) is 5.82 Å². The third-order valence-electron chi connectivity index (χ3n) is 3.28. The number of aromatic nitrogens is 2. The quantitative estimate of drug-likeness (QED) is 0.702. The molecule has 0 aliphatic rings. The van der Waals surface area contributed by atoms with Crippen LogP contribution in [0.2, 0.25) is 0 Å². The molecule has 2 aromatic carbocycles. The number of carbonyl (C=O) groups excluding carboxylic acids is 1. The number of hydrogen-bond donors (Lipinski definition) is 1. The predicted molar refractivity (Wildman–Crippen MR) is 94.8 cm³/mol. The van der Waals surface area contributed by atoms with E-state index < -0.39 is 0 Å². The van der Waals surface area contributed by atoms with Crippen LogP contribution in [0.25, 0.3) is 11.5 Å². The molecule has 0 aliphatic heterocycles. The first-order valence-corrected chi connectivity index (χ1v) is 8.49. The Kier molecular flexibility index (Phi) is 4.96. The fraction of sp³-hybridized carbons (Fsp3) is 0.167. The van der Waals surface area contributed by atoms with E-state index in [2.05, 4.69) is 15.5 Å². The minimum absolute atomic E-state index is 0.0779. The molecule has 0 fully saturated rings. The summed E-state index contributed by atoms with van der Waals surface area (Å²) in [6.45, 7) is 3.52. The predicted octanol–water partition coefficient (Wildman–Crippen LogP) is 4.30. The lowest BCUT2D eigenvalue weighted by atomic mass is 10.1. The number of benzene rings is 2. The summed E-state index contributed by atoms with van der Waals surface area (Å²) in [4.78, 5) is 16.5. The highest BCUT2D eigenvalue weighted by molar-refractivity contribution is 7.98. The maximum atomic E-state index is 11.0. The molecule has 122 valence electrons. The van der Waals surface area contributed by atoms with Gasteiger partial charge in [0.25, 0.3) is 5.89 Å². The number of aryl methyl sites for hydroxylation is 1. The first-order valence-electron chi connectivity index (χ1n) is 7.50. The lowest BCUT2D eigenvalue weighted by molar-refractivity contribution is -0.114. The van der Waals surface area contributed by atoms with E-state index >= 15 is 0 Å². The van der Waals surface area contributed by atoms with Crippen LogP contribution in [0.5, 0.6) is 0 Å². The number of nitrogens with one attached hydrogen (secondary N) is 1. The average Bonchev–Trinajstić information content (AvgIpc) is 3.03. The largest absolute Gasteiger partial charge is 0.334 e. The molecule has 3 rings (SSSR count). The number of anilines is 1. The Morgan fingerprint density at radius 2 is 2.00 bits per heavy atom. The molecular formula is C18H17N3O2S. The summed E-state index contributed by atoms with van der Waals surface area (Å²) in [7, 11) is 0. The summed E-state index contributed by atoms with van der Waals surface area (Å²) in [5.41, 5.74) is 2.87. The first-order chi connectivity index (χ1) is 11.6.